The lowest BCUT2D eigenvalue weighted by atomic mass is 10.1. The third-order valence-corrected chi connectivity index (χ3v) is 3.95. The topological polar surface area (TPSA) is 80.0 Å². The highest BCUT2D eigenvalue weighted by Crippen LogP contribution is 2.34. The molecule has 1 saturated carbocycles. The fraction of sp³-hybridized carbons (Fsp3) is 0.438. The molecule has 0 saturated heterocycles. The van der Waals surface area contributed by atoms with Gasteiger partial charge in [-0.2, -0.15) is 5.10 Å². The third kappa shape index (κ3) is 3.33. The molecule has 6 heteroatoms. The molecule has 1 unspecified atom stereocenters. The molecule has 2 aromatic rings. The Morgan fingerprint density at radius 2 is 2.14 bits per heavy atom. The van der Waals surface area contributed by atoms with E-state index < -0.39 is 0 Å². The van der Waals surface area contributed by atoms with E-state index in [2.05, 4.69) is 15.4 Å². The summed E-state index contributed by atoms with van der Waals surface area (Å²) in [5, 5.41) is 16.4. The van der Waals surface area contributed by atoms with Crippen LogP contribution in [-0.4, -0.2) is 38.4 Å². The van der Waals surface area contributed by atoms with Crippen LogP contribution >= 0.6 is 0 Å². The van der Waals surface area contributed by atoms with E-state index in [9.17, 15) is 4.79 Å². The smallest absolute Gasteiger partial charge is 0.251 e. The number of aryl methyl sites for hydroxylation is 1. The Morgan fingerprint density at radius 1 is 1.41 bits per heavy atom. The number of nitrogens with zero attached hydrogens (tertiary/aromatic N) is 3. The van der Waals surface area contributed by atoms with Gasteiger partial charge in [0.1, 0.15) is 6.33 Å². The van der Waals surface area contributed by atoms with Crippen molar-refractivity contribution in [2.45, 2.75) is 25.3 Å². The lowest BCUT2D eigenvalue weighted by molar-refractivity contribution is 0.0924. The molecule has 116 valence electrons. The summed E-state index contributed by atoms with van der Waals surface area (Å²) in [6, 6.07) is 7.34. The first kappa shape index (κ1) is 14.7. The quantitative estimate of drug-likeness (QED) is 0.844. The van der Waals surface area contributed by atoms with Crippen molar-refractivity contribution >= 4 is 5.91 Å². The average molecular weight is 300 g/mol. The fourth-order valence-corrected chi connectivity index (χ4v) is 2.56. The molecule has 6 nitrogen and oxygen atoms in total. The lowest BCUT2D eigenvalue weighted by Crippen LogP contribution is -2.37. The van der Waals surface area contributed by atoms with Crippen molar-refractivity contribution in [2.24, 2.45) is 13.0 Å². The second-order valence-electron chi connectivity index (χ2n) is 5.75. The predicted molar refractivity (Wildman–Crippen MR) is 82.1 cm³/mol. The highest BCUT2D eigenvalue weighted by Gasteiger charge is 2.31. The van der Waals surface area contributed by atoms with Crippen LogP contribution in [0.2, 0.25) is 0 Å². The zero-order valence-electron chi connectivity index (χ0n) is 12.6. The Bertz CT molecular complexity index is 646. The summed E-state index contributed by atoms with van der Waals surface area (Å²) in [5.41, 5.74) is 1.49. The monoisotopic (exact) mass is 300 g/mol. The number of benzene rings is 1. The van der Waals surface area contributed by atoms with Crippen LogP contribution in [0.1, 0.15) is 29.6 Å². The van der Waals surface area contributed by atoms with Gasteiger partial charge in [-0.25, -0.2) is 4.98 Å². The van der Waals surface area contributed by atoms with E-state index in [1.807, 2.05) is 19.2 Å². The summed E-state index contributed by atoms with van der Waals surface area (Å²) in [7, 11) is 1.82. The van der Waals surface area contributed by atoms with Crippen molar-refractivity contribution in [3.8, 4) is 11.4 Å². The van der Waals surface area contributed by atoms with Gasteiger partial charge < -0.3 is 10.4 Å². The maximum absolute atomic E-state index is 12.3. The van der Waals surface area contributed by atoms with E-state index in [0.29, 0.717) is 23.7 Å². The Balaban J connectivity index is 1.67. The molecular weight excluding hydrogens is 280 g/mol. The van der Waals surface area contributed by atoms with Crippen LogP contribution in [0.15, 0.2) is 30.6 Å². The highest BCUT2D eigenvalue weighted by atomic mass is 16.3. The van der Waals surface area contributed by atoms with Crippen LogP contribution in [-0.2, 0) is 7.05 Å². The van der Waals surface area contributed by atoms with Gasteiger partial charge in [0.25, 0.3) is 5.91 Å². The van der Waals surface area contributed by atoms with Crippen molar-refractivity contribution in [2.75, 3.05) is 6.61 Å². The minimum absolute atomic E-state index is 0.0784. The molecule has 1 aromatic carbocycles. The van der Waals surface area contributed by atoms with Gasteiger partial charge in [0.15, 0.2) is 5.82 Å². The van der Waals surface area contributed by atoms with Gasteiger partial charge in [-0.3, -0.25) is 9.48 Å². The van der Waals surface area contributed by atoms with E-state index in [1.165, 1.54) is 0 Å². The molecule has 1 aromatic heterocycles. The van der Waals surface area contributed by atoms with Gasteiger partial charge >= 0.3 is 0 Å². The molecule has 0 aliphatic heterocycles. The van der Waals surface area contributed by atoms with E-state index in [-0.39, 0.29) is 18.6 Å². The molecule has 3 rings (SSSR count). The van der Waals surface area contributed by atoms with Gasteiger partial charge in [-0.15, -0.1) is 0 Å². The second kappa shape index (κ2) is 6.27. The molecular formula is C16H20N4O2. The van der Waals surface area contributed by atoms with Gasteiger partial charge in [0.2, 0.25) is 0 Å². The SMILES string of the molecule is Cn1cnc(-c2ccc(C(=O)NC(CCO)C3CC3)cc2)n1. The Labute approximate surface area is 129 Å². The van der Waals surface area contributed by atoms with Crippen LogP contribution in [0.3, 0.4) is 0 Å². The van der Waals surface area contributed by atoms with Crippen molar-refractivity contribution in [1.29, 1.82) is 0 Å². The first-order valence-electron chi connectivity index (χ1n) is 7.55. The van der Waals surface area contributed by atoms with E-state index in [1.54, 1.807) is 23.1 Å². The Kier molecular flexibility index (Phi) is 4.20. The number of hydrogen-bond donors (Lipinski definition) is 2. The minimum Gasteiger partial charge on any atom is -0.396 e. The van der Waals surface area contributed by atoms with Crippen molar-refractivity contribution in [1.82, 2.24) is 20.1 Å². The van der Waals surface area contributed by atoms with Gasteiger partial charge in [-0.1, -0.05) is 12.1 Å². The molecule has 0 spiro atoms. The van der Waals surface area contributed by atoms with Crippen LogP contribution in [0, 0.1) is 5.92 Å². The predicted octanol–water partition coefficient (Wildman–Crippen LogP) is 1.37. The number of aromatic nitrogens is 3. The Hall–Kier alpha value is -2.21. The van der Waals surface area contributed by atoms with E-state index >= 15 is 0 Å². The summed E-state index contributed by atoms with van der Waals surface area (Å²) < 4.78 is 1.64. The summed E-state index contributed by atoms with van der Waals surface area (Å²) in [5.74, 6) is 1.07. The number of hydrogen-bond acceptors (Lipinski definition) is 4. The minimum atomic E-state index is -0.0918. The summed E-state index contributed by atoms with van der Waals surface area (Å²) in [6.07, 6.45) is 4.53. The highest BCUT2D eigenvalue weighted by molar-refractivity contribution is 5.94. The number of amides is 1. The van der Waals surface area contributed by atoms with Gasteiger partial charge in [-0.05, 0) is 37.3 Å². The number of rotatable bonds is 6. The fourth-order valence-electron chi connectivity index (χ4n) is 2.56. The number of carbonyl (C=O) groups excluding carboxylic acids is 1. The molecule has 1 aliphatic rings. The molecule has 1 amide bonds. The zero-order valence-corrected chi connectivity index (χ0v) is 12.6. The summed E-state index contributed by atoms with van der Waals surface area (Å²) >= 11 is 0. The maximum Gasteiger partial charge on any atom is 0.251 e. The normalized spacial score (nSPS) is 15.5. The molecule has 1 fully saturated rings. The molecule has 1 atom stereocenters. The largest absolute Gasteiger partial charge is 0.396 e. The van der Waals surface area contributed by atoms with Gasteiger partial charge in [0.05, 0.1) is 0 Å². The summed E-state index contributed by atoms with van der Waals surface area (Å²) in [6.45, 7) is 0.103. The van der Waals surface area contributed by atoms with Crippen molar-refractivity contribution in [3.63, 3.8) is 0 Å². The molecule has 1 aliphatic carbocycles. The van der Waals surface area contributed by atoms with E-state index in [0.717, 1.165) is 18.4 Å². The molecule has 0 radical (unpaired) electrons. The molecule has 1 heterocycles. The van der Waals surface area contributed by atoms with Gasteiger partial charge in [0, 0.05) is 30.8 Å². The molecule has 22 heavy (non-hydrogen) atoms. The number of nitrogens with one attached hydrogen (secondary N) is 1. The van der Waals surface area contributed by atoms with Crippen LogP contribution in [0.5, 0.6) is 0 Å². The lowest BCUT2D eigenvalue weighted by Gasteiger charge is -2.17. The average Bonchev–Trinajstić information content (AvgIpc) is 3.28. The molecule has 0 bridgehead atoms. The number of aliphatic hydroxyl groups excluding tert-OH is 1. The third-order valence-electron chi connectivity index (χ3n) is 3.95. The van der Waals surface area contributed by atoms with E-state index in [4.69, 9.17) is 5.11 Å². The van der Waals surface area contributed by atoms with Crippen molar-refractivity contribution in [3.05, 3.63) is 36.2 Å². The number of carbonyl (C=O) groups is 1. The zero-order chi connectivity index (χ0) is 15.5. The maximum atomic E-state index is 12.3. The second-order valence-corrected chi connectivity index (χ2v) is 5.75. The molecule has 2 N–H and O–H groups in total. The standard InChI is InChI=1S/C16H20N4O2/c1-20-10-17-15(19-20)12-4-6-13(7-5-12)16(22)18-14(8-9-21)11-2-3-11/h4-7,10-11,14,21H,2-3,8-9H2,1H3,(H,18,22). The van der Waals surface area contributed by atoms with Crippen LogP contribution < -0.4 is 5.32 Å². The van der Waals surface area contributed by atoms with Crippen LogP contribution in [0.4, 0.5) is 0 Å². The first-order valence-corrected chi connectivity index (χ1v) is 7.55. The van der Waals surface area contributed by atoms with Crippen molar-refractivity contribution < 1.29 is 9.90 Å². The first-order chi connectivity index (χ1) is 10.7. The summed E-state index contributed by atoms with van der Waals surface area (Å²) in [4.78, 5) is 16.5. The Morgan fingerprint density at radius 3 is 2.68 bits per heavy atom. The van der Waals surface area contributed by atoms with Crippen LogP contribution in [0.25, 0.3) is 11.4 Å². The number of aliphatic hydroxyl groups is 1.